The van der Waals surface area contributed by atoms with E-state index in [0.29, 0.717) is 11.4 Å². The van der Waals surface area contributed by atoms with Gasteiger partial charge in [-0.2, -0.15) is 0 Å². The van der Waals surface area contributed by atoms with Crippen molar-refractivity contribution in [2.24, 2.45) is 0 Å². The van der Waals surface area contributed by atoms with Gasteiger partial charge in [-0.05, 0) is 59.9 Å². The molecule has 0 amide bonds. The second-order valence-electron chi connectivity index (χ2n) is 6.55. The quantitative estimate of drug-likeness (QED) is 0.715. The summed E-state index contributed by atoms with van der Waals surface area (Å²) in [6.07, 6.45) is 0.746. The van der Waals surface area contributed by atoms with E-state index in [4.69, 9.17) is 5.73 Å². The molecule has 4 nitrogen and oxygen atoms in total. The lowest BCUT2D eigenvalue weighted by Gasteiger charge is -2.19. The molecule has 0 saturated heterocycles. The zero-order valence-corrected chi connectivity index (χ0v) is 15.3. The molecule has 26 heavy (non-hydrogen) atoms. The van der Waals surface area contributed by atoms with E-state index in [-0.39, 0.29) is 0 Å². The zero-order valence-electron chi connectivity index (χ0n) is 14.5. The van der Waals surface area contributed by atoms with E-state index in [0.717, 1.165) is 40.0 Å². The Morgan fingerprint density at radius 3 is 2.35 bits per heavy atom. The Balaban J connectivity index is 1.67. The van der Waals surface area contributed by atoms with Crippen LogP contribution in [0.15, 0.2) is 71.6 Å². The Labute approximate surface area is 153 Å². The van der Waals surface area contributed by atoms with Gasteiger partial charge in [0.15, 0.2) is 0 Å². The topological polar surface area (TPSA) is 63.4 Å². The van der Waals surface area contributed by atoms with Gasteiger partial charge in [0.05, 0.1) is 10.6 Å². The Bertz CT molecular complexity index is 1070. The highest BCUT2D eigenvalue weighted by molar-refractivity contribution is 7.92. The molecule has 0 spiro atoms. The van der Waals surface area contributed by atoms with Crippen LogP contribution in [0.5, 0.6) is 0 Å². The number of fused-ring (bicyclic) bond motifs is 1. The van der Waals surface area contributed by atoms with Crippen LogP contribution in [0.25, 0.3) is 11.1 Å². The largest absolute Gasteiger partial charge is 0.398 e. The van der Waals surface area contributed by atoms with Gasteiger partial charge in [0.25, 0.3) is 10.0 Å². The molecule has 132 valence electrons. The smallest absolute Gasteiger partial charge is 0.264 e. The molecule has 5 heteroatoms. The number of para-hydroxylation sites is 1. The van der Waals surface area contributed by atoms with E-state index in [1.54, 1.807) is 12.1 Å². The van der Waals surface area contributed by atoms with Crippen molar-refractivity contribution in [1.29, 1.82) is 0 Å². The van der Waals surface area contributed by atoms with Crippen LogP contribution in [-0.4, -0.2) is 15.0 Å². The van der Waals surface area contributed by atoms with Crippen LogP contribution in [0, 0.1) is 6.92 Å². The zero-order chi connectivity index (χ0) is 18.3. The number of hydrogen-bond acceptors (Lipinski definition) is 3. The Hall–Kier alpha value is -2.79. The number of hydrogen-bond donors (Lipinski definition) is 1. The van der Waals surface area contributed by atoms with Crippen LogP contribution in [0.2, 0.25) is 0 Å². The van der Waals surface area contributed by atoms with E-state index >= 15 is 0 Å². The van der Waals surface area contributed by atoms with Crippen LogP contribution < -0.4 is 10.0 Å². The fraction of sp³-hybridized carbons (Fsp3) is 0.143. The van der Waals surface area contributed by atoms with Gasteiger partial charge in [-0.3, -0.25) is 4.31 Å². The minimum absolute atomic E-state index is 0.304. The lowest BCUT2D eigenvalue weighted by molar-refractivity contribution is 0.592. The lowest BCUT2D eigenvalue weighted by Crippen LogP contribution is -2.29. The third-order valence-corrected chi connectivity index (χ3v) is 6.73. The van der Waals surface area contributed by atoms with Crippen molar-refractivity contribution in [1.82, 2.24) is 0 Å². The minimum atomic E-state index is -3.56. The van der Waals surface area contributed by atoms with Crippen molar-refractivity contribution in [3.05, 3.63) is 77.9 Å². The van der Waals surface area contributed by atoms with Crippen LogP contribution in [0.1, 0.15) is 11.1 Å². The molecular formula is C21H20N2O2S. The van der Waals surface area contributed by atoms with Crippen molar-refractivity contribution in [3.8, 4) is 11.1 Å². The summed E-state index contributed by atoms with van der Waals surface area (Å²) in [5.74, 6) is 0. The number of nitrogens with zero attached hydrogens (tertiary/aromatic N) is 1. The first-order valence-corrected chi connectivity index (χ1v) is 9.98. The van der Waals surface area contributed by atoms with Gasteiger partial charge < -0.3 is 5.73 Å². The van der Waals surface area contributed by atoms with E-state index in [2.05, 4.69) is 0 Å². The molecule has 0 atom stereocenters. The summed E-state index contributed by atoms with van der Waals surface area (Å²) < 4.78 is 27.6. The molecule has 1 heterocycles. The highest BCUT2D eigenvalue weighted by atomic mass is 32.2. The number of sulfonamides is 1. The molecule has 0 bridgehead atoms. The van der Waals surface area contributed by atoms with Crippen molar-refractivity contribution >= 4 is 21.4 Å². The summed E-state index contributed by atoms with van der Waals surface area (Å²) in [4.78, 5) is 0.304. The summed E-state index contributed by atoms with van der Waals surface area (Å²) in [6, 6.07) is 20.5. The SMILES string of the molecule is Cc1ccc(-c2ccc(S(=O)(=O)N3CCc4ccccc43)cc2)cc1N. The number of nitrogens with two attached hydrogens (primary N) is 1. The molecule has 2 N–H and O–H groups in total. The molecule has 0 saturated carbocycles. The maximum Gasteiger partial charge on any atom is 0.264 e. The average molecular weight is 364 g/mol. The monoisotopic (exact) mass is 364 g/mol. The maximum absolute atomic E-state index is 13.0. The van der Waals surface area contributed by atoms with Crippen LogP contribution in [-0.2, 0) is 16.4 Å². The molecule has 0 unspecified atom stereocenters. The van der Waals surface area contributed by atoms with Crippen molar-refractivity contribution < 1.29 is 8.42 Å². The van der Waals surface area contributed by atoms with Crippen molar-refractivity contribution in [2.45, 2.75) is 18.2 Å². The molecule has 1 aliphatic heterocycles. The predicted octanol–water partition coefficient (Wildman–Crippen LogP) is 4.00. The predicted molar refractivity (Wildman–Crippen MR) is 106 cm³/mol. The molecule has 0 aromatic heterocycles. The molecule has 0 radical (unpaired) electrons. The number of benzene rings is 3. The first-order chi connectivity index (χ1) is 12.5. The van der Waals surface area contributed by atoms with E-state index in [1.807, 2.05) is 61.5 Å². The Morgan fingerprint density at radius 1 is 0.923 bits per heavy atom. The highest BCUT2D eigenvalue weighted by Crippen LogP contribution is 2.33. The van der Waals surface area contributed by atoms with E-state index in [9.17, 15) is 8.42 Å². The Kier molecular flexibility index (Phi) is 3.96. The number of anilines is 2. The summed E-state index contributed by atoms with van der Waals surface area (Å²) in [5, 5.41) is 0. The Morgan fingerprint density at radius 2 is 1.62 bits per heavy atom. The first kappa shape index (κ1) is 16.7. The molecule has 1 aliphatic rings. The molecule has 3 aromatic rings. The highest BCUT2D eigenvalue weighted by Gasteiger charge is 2.30. The average Bonchev–Trinajstić information content (AvgIpc) is 3.09. The molecule has 3 aromatic carbocycles. The van der Waals surface area contributed by atoms with E-state index < -0.39 is 10.0 Å². The van der Waals surface area contributed by atoms with Gasteiger partial charge in [-0.1, -0.05) is 42.5 Å². The van der Waals surface area contributed by atoms with Gasteiger partial charge >= 0.3 is 0 Å². The second kappa shape index (κ2) is 6.18. The van der Waals surface area contributed by atoms with Crippen LogP contribution in [0.3, 0.4) is 0 Å². The number of aryl methyl sites for hydroxylation is 1. The second-order valence-corrected chi connectivity index (χ2v) is 8.41. The van der Waals surface area contributed by atoms with Gasteiger partial charge in [0.2, 0.25) is 0 Å². The fourth-order valence-electron chi connectivity index (χ4n) is 3.32. The molecule has 0 fully saturated rings. The fourth-order valence-corrected chi connectivity index (χ4v) is 4.83. The van der Waals surface area contributed by atoms with Gasteiger partial charge in [0.1, 0.15) is 0 Å². The summed E-state index contributed by atoms with van der Waals surface area (Å²) in [6.45, 7) is 2.45. The maximum atomic E-state index is 13.0. The van der Waals surface area contributed by atoms with Crippen molar-refractivity contribution in [3.63, 3.8) is 0 Å². The third-order valence-electron chi connectivity index (χ3n) is 4.90. The number of nitrogen functional groups attached to an aromatic ring is 1. The van der Waals surface area contributed by atoms with Gasteiger partial charge in [-0.15, -0.1) is 0 Å². The van der Waals surface area contributed by atoms with Gasteiger partial charge in [0, 0.05) is 12.2 Å². The first-order valence-electron chi connectivity index (χ1n) is 8.54. The third kappa shape index (κ3) is 2.74. The molecule has 0 aliphatic carbocycles. The normalized spacial score (nSPS) is 13.7. The lowest BCUT2D eigenvalue weighted by atomic mass is 10.0. The van der Waals surface area contributed by atoms with Crippen molar-refractivity contribution in [2.75, 3.05) is 16.6 Å². The summed E-state index contributed by atoms with van der Waals surface area (Å²) in [5.41, 5.74) is 11.5. The summed E-state index contributed by atoms with van der Waals surface area (Å²) in [7, 11) is -3.56. The molecule has 4 rings (SSSR count). The standard InChI is InChI=1S/C21H20N2O2S/c1-15-6-7-18(14-20(15)22)16-8-10-19(11-9-16)26(24,25)23-13-12-17-4-2-3-5-21(17)23/h2-11,14H,12-13,22H2,1H3. The number of rotatable bonds is 3. The van der Waals surface area contributed by atoms with Crippen LogP contribution >= 0.6 is 0 Å². The summed E-state index contributed by atoms with van der Waals surface area (Å²) >= 11 is 0. The van der Waals surface area contributed by atoms with Gasteiger partial charge in [-0.25, -0.2) is 8.42 Å². The van der Waals surface area contributed by atoms with E-state index in [1.165, 1.54) is 4.31 Å². The molecular weight excluding hydrogens is 344 g/mol. The van der Waals surface area contributed by atoms with Crippen LogP contribution in [0.4, 0.5) is 11.4 Å². The minimum Gasteiger partial charge on any atom is -0.398 e.